The second kappa shape index (κ2) is 4.69. The van der Waals surface area contributed by atoms with Crippen LogP contribution in [-0.4, -0.2) is 25.2 Å². The van der Waals surface area contributed by atoms with Crippen LogP contribution in [-0.2, 0) is 18.4 Å². The highest BCUT2D eigenvalue weighted by Crippen LogP contribution is 2.24. The molecule has 0 amide bonds. The van der Waals surface area contributed by atoms with E-state index >= 15 is 0 Å². The quantitative estimate of drug-likeness (QED) is 0.502. The van der Waals surface area contributed by atoms with Gasteiger partial charge in [0.15, 0.2) is 5.82 Å². The summed E-state index contributed by atoms with van der Waals surface area (Å²) >= 11 is 0. The van der Waals surface area contributed by atoms with Gasteiger partial charge in [-0.05, 0) is 23.6 Å². The van der Waals surface area contributed by atoms with E-state index in [9.17, 15) is 14.4 Å². The van der Waals surface area contributed by atoms with Crippen LogP contribution in [0, 0.1) is 0 Å². The number of rotatable bonds is 2. The van der Waals surface area contributed by atoms with Crippen molar-refractivity contribution in [1.82, 2.24) is 14.1 Å². The molecule has 0 atom stereocenters. The number of pyridine rings is 1. The maximum absolute atomic E-state index is 12.4. The minimum absolute atomic E-state index is 0.181. The first kappa shape index (κ1) is 13.8. The van der Waals surface area contributed by atoms with E-state index in [0.29, 0.717) is 10.3 Å². The predicted molar refractivity (Wildman–Crippen MR) is 79.9 cm³/mol. The summed E-state index contributed by atoms with van der Waals surface area (Å²) in [5, 5.41) is 9.54. The van der Waals surface area contributed by atoms with Crippen LogP contribution in [0.3, 0.4) is 0 Å². The zero-order valence-corrected chi connectivity index (χ0v) is 11.6. The maximum atomic E-state index is 12.4. The molecule has 1 aromatic rings. The summed E-state index contributed by atoms with van der Waals surface area (Å²) in [5.74, 6) is -1.09. The van der Waals surface area contributed by atoms with Crippen LogP contribution in [0.25, 0.3) is 22.3 Å². The molecule has 2 aliphatic rings. The Morgan fingerprint density at radius 2 is 2.05 bits per heavy atom. The molecule has 0 aromatic heterocycles. The Labute approximate surface area is 123 Å². The van der Waals surface area contributed by atoms with Crippen molar-refractivity contribution in [2.24, 2.45) is 7.05 Å². The van der Waals surface area contributed by atoms with E-state index in [1.807, 2.05) is 0 Å². The molecule has 8 nitrogen and oxygen atoms in total. The molecular weight excluding hydrogens is 288 g/mol. The van der Waals surface area contributed by atoms with Gasteiger partial charge in [-0.1, -0.05) is 6.07 Å². The number of aliphatic carboxylic acids is 1. The fraction of sp³-hybridized carbons (Fsp3) is 0.143. The summed E-state index contributed by atoms with van der Waals surface area (Å²) in [4.78, 5) is 38.9. The van der Waals surface area contributed by atoms with Gasteiger partial charge in [-0.2, -0.15) is 4.98 Å². The van der Waals surface area contributed by atoms with Gasteiger partial charge in [-0.15, -0.1) is 0 Å². The van der Waals surface area contributed by atoms with Crippen molar-refractivity contribution in [2.75, 3.05) is 5.73 Å². The van der Waals surface area contributed by atoms with Gasteiger partial charge in [0.25, 0.3) is 5.56 Å². The molecule has 0 bridgehead atoms. The number of nitrogens with zero attached hydrogens (tertiary/aromatic N) is 3. The fourth-order valence-corrected chi connectivity index (χ4v) is 2.44. The van der Waals surface area contributed by atoms with E-state index in [2.05, 4.69) is 4.98 Å². The van der Waals surface area contributed by atoms with Crippen LogP contribution in [0.15, 0.2) is 33.9 Å². The van der Waals surface area contributed by atoms with Gasteiger partial charge in [0.2, 0.25) is 0 Å². The standard InChI is InChI=1S/C14H12N4O4/c1-17-10-5-8(15)3-2-7(10)4-9-12(17)16-14(22)18(13(9)21)6-11(19)20/h2-5H,6,15H2,1H3,(H,19,20). The Balaban J connectivity index is 2.46. The van der Waals surface area contributed by atoms with Crippen LogP contribution < -0.4 is 17.0 Å². The third kappa shape index (κ3) is 2.01. The third-order valence-electron chi connectivity index (χ3n) is 3.48. The van der Waals surface area contributed by atoms with Crippen molar-refractivity contribution in [3.63, 3.8) is 0 Å². The second-order valence-corrected chi connectivity index (χ2v) is 4.94. The Kier molecular flexibility index (Phi) is 2.94. The van der Waals surface area contributed by atoms with Crippen molar-refractivity contribution in [3.8, 4) is 11.4 Å². The van der Waals surface area contributed by atoms with Gasteiger partial charge in [0.1, 0.15) is 6.54 Å². The molecule has 22 heavy (non-hydrogen) atoms. The van der Waals surface area contributed by atoms with E-state index in [1.165, 1.54) is 0 Å². The molecule has 2 heterocycles. The summed E-state index contributed by atoms with van der Waals surface area (Å²) < 4.78 is 2.20. The number of hydrogen-bond acceptors (Lipinski definition) is 5. The second-order valence-electron chi connectivity index (χ2n) is 4.94. The number of carboxylic acids is 1. The number of nitrogens with two attached hydrogens (primary N) is 1. The lowest BCUT2D eigenvalue weighted by Gasteiger charge is -2.15. The van der Waals surface area contributed by atoms with Crippen LogP contribution in [0.2, 0.25) is 0 Å². The Morgan fingerprint density at radius 3 is 2.73 bits per heavy atom. The molecule has 0 saturated carbocycles. The number of aryl methyl sites for hydroxylation is 1. The van der Waals surface area contributed by atoms with Crippen molar-refractivity contribution in [1.29, 1.82) is 0 Å². The first-order valence-corrected chi connectivity index (χ1v) is 6.40. The van der Waals surface area contributed by atoms with Crippen LogP contribution in [0.5, 0.6) is 0 Å². The molecular formula is C14H12N4O4. The zero-order chi connectivity index (χ0) is 16.0. The summed E-state index contributed by atoms with van der Waals surface area (Å²) in [6.07, 6.45) is 0. The molecule has 3 rings (SSSR count). The lowest BCUT2D eigenvalue weighted by Crippen LogP contribution is -2.39. The third-order valence-corrected chi connectivity index (χ3v) is 3.48. The molecule has 0 spiro atoms. The molecule has 112 valence electrons. The van der Waals surface area contributed by atoms with E-state index < -0.39 is 23.8 Å². The van der Waals surface area contributed by atoms with E-state index in [-0.39, 0.29) is 11.4 Å². The van der Waals surface area contributed by atoms with E-state index in [0.717, 1.165) is 10.9 Å². The summed E-state index contributed by atoms with van der Waals surface area (Å²) in [6.45, 7) is -0.718. The number of aromatic nitrogens is 3. The molecule has 0 radical (unpaired) electrons. The molecule has 0 saturated heterocycles. The molecule has 0 fully saturated rings. The maximum Gasteiger partial charge on any atom is 0.353 e. The normalized spacial score (nSPS) is 11.1. The Bertz CT molecular complexity index is 1000. The number of fused-ring (bicyclic) bond motifs is 2. The van der Waals surface area contributed by atoms with E-state index in [4.69, 9.17) is 10.8 Å². The van der Waals surface area contributed by atoms with Crippen LogP contribution in [0.4, 0.5) is 5.69 Å². The minimum Gasteiger partial charge on any atom is -0.480 e. The average Bonchev–Trinajstić information content (AvgIpc) is 2.45. The highest BCUT2D eigenvalue weighted by molar-refractivity contribution is 5.87. The SMILES string of the molecule is Cn1c2nc(=O)n(CC(=O)O)c(=O)c-2cc2ccc(N)cc21. The highest BCUT2D eigenvalue weighted by Gasteiger charge is 2.19. The average molecular weight is 300 g/mol. The Hall–Kier alpha value is -3.16. The molecule has 0 aliphatic carbocycles. The fourth-order valence-electron chi connectivity index (χ4n) is 2.44. The largest absolute Gasteiger partial charge is 0.480 e. The smallest absolute Gasteiger partial charge is 0.353 e. The number of carbonyl (C=O) groups is 1. The molecule has 2 aliphatic heterocycles. The highest BCUT2D eigenvalue weighted by atomic mass is 16.4. The summed E-state index contributed by atoms with van der Waals surface area (Å²) in [6, 6.07) is 6.73. The first-order valence-electron chi connectivity index (χ1n) is 6.40. The van der Waals surface area contributed by atoms with Crippen molar-refractivity contribution >= 4 is 22.6 Å². The van der Waals surface area contributed by atoms with Gasteiger partial charge in [-0.25, -0.2) is 9.36 Å². The van der Waals surface area contributed by atoms with Crippen LogP contribution >= 0.6 is 0 Å². The zero-order valence-electron chi connectivity index (χ0n) is 11.6. The van der Waals surface area contributed by atoms with Gasteiger partial charge >= 0.3 is 11.7 Å². The van der Waals surface area contributed by atoms with Crippen molar-refractivity contribution < 1.29 is 9.90 Å². The number of nitrogen functional groups attached to an aromatic ring is 1. The number of carboxylic acid groups (broad SMARTS) is 1. The summed E-state index contributed by atoms with van der Waals surface area (Å²) in [7, 11) is 1.66. The van der Waals surface area contributed by atoms with E-state index in [1.54, 1.807) is 35.9 Å². The molecule has 8 heteroatoms. The summed E-state index contributed by atoms with van der Waals surface area (Å²) in [5.41, 5.74) is 5.63. The van der Waals surface area contributed by atoms with Crippen molar-refractivity contribution in [3.05, 3.63) is 45.1 Å². The minimum atomic E-state index is -1.28. The first-order chi connectivity index (χ1) is 10.4. The molecule has 3 N–H and O–H groups in total. The topological polar surface area (TPSA) is 120 Å². The van der Waals surface area contributed by atoms with Crippen LogP contribution in [0.1, 0.15) is 0 Å². The molecule has 1 aromatic carbocycles. The Morgan fingerprint density at radius 1 is 1.32 bits per heavy atom. The van der Waals surface area contributed by atoms with Gasteiger partial charge in [-0.3, -0.25) is 9.59 Å². The number of anilines is 1. The van der Waals surface area contributed by atoms with Gasteiger partial charge in [0, 0.05) is 12.7 Å². The van der Waals surface area contributed by atoms with Gasteiger partial charge in [0.05, 0.1) is 11.1 Å². The van der Waals surface area contributed by atoms with Gasteiger partial charge < -0.3 is 15.4 Å². The lowest BCUT2D eigenvalue weighted by atomic mass is 10.1. The van der Waals surface area contributed by atoms with Crippen molar-refractivity contribution in [2.45, 2.75) is 6.54 Å². The monoisotopic (exact) mass is 300 g/mol. The molecule has 0 unspecified atom stereocenters. The number of hydrogen-bond donors (Lipinski definition) is 2. The predicted octanol–water partition coefficient (Wildman–Crippen LogP) is -0.133. The number of benzene rings is 1. The lowest BCUT2D eigenvalue weighted by molar-refractivity contribution is -0.137.